The van der Waals surface area contributed by atoms with Gasteiger partial charge in [-0.1, -0.05) is 12.1 Å². The second kappa shape index (κ2) is 7.07. The molecular weight excluding hydrogens is 346 g/mol. The van der Waals surface area contributed by atoms with Crippen LogP contribution in [0.1, 0.15) is 29.6 Å². The Morgan fingerprint density at radius 3 is 3.05 bits per heavy atom. The summed E-state index contributed by atoms with van der Waals surface area (Å²) >= 11 is 3.38. The minimum atomic E-state index is -0.152. The molecule has 0 bridgehead atoms. The number of rotatable bonds is 4. The van der Waals surface area contributed by atoms with Crippen LogP contribution in [0.3, 0.4) is 0 Å². The minimum absolute atomic E-state index is 0.152. The number of carbonyl (C=O) groups is 1. The summed E-state index contributed by atoms with van der Waals surface area (Å²) < 4.78 is 8.30. The molecule has 116 valence electrons. The molecule has 0 aliphatic carbocycles. The van der Waals surface area contributed by atoms with E-state index in [-0.39, 0.29) is 12.0 Å². The van der Waals surface area contributed by atoms with Crippen LogP contribution in [-0.4, -0.2) is 28.4 Å². The molecule has 2 aromatic rings. The van der Waals surface area contributed by atoms with E-state index < -0.39 is 0 Å². The van der Waals surface area contributed by atoms with Crippen LogP contribution in [-0.2, 0) is 11.3 Å². The molecular formula is C16H18BrN3O2. The number of benzene rings is 1. The van der Waals surface area contributed by atoms with E-state index in [1.54, 1.807) is 12.3 Å². The summed E-state index contributed by atoms with van der Waals surface area (Å²) in [5.41, 5.74) is 1.29. The first-order chi connectivity index (χ1) is 10.7. The third kappa shape index (κ3) is 3.75. The number of amides is 1. The first kappa shape index (κ1) is 15.2. The number of hydrogen-bond donors (Lipinski definition) is 1. The lowest BCUT2D eigenvalue weighted by molar-refractivity contribution is 0.00401. The van der Waals surface area contributed by atoms with Crippen molar-refractivity contribution in [3.05, 3.63) is 46.7 Å². The normalized spacial score (nSPS) is 18.1. The predicted octanol–water partition coefficient (Wildman–Crippen LogP) is 3.47. The lowest BCUT2D eigenvalue weighted by Crippen LogP contribution is -2.24. The molecule has 1 aliphatic rings. The molecule has 1 amide bonds. The molecule has 3 rings (SSSR count). The standard InChI is InChI=1S/C16H18BrN3O2/c17-15-7-2-1-6-14(15)16(21)19-12-9-18-20(10-12)11-13-5-3-4-8-22-13/h1-2,6-7,9-10,13H,3-5,8,11H2,(H,19,21)/t13-/m1/s1. The zero-order chi connectivity index (χ0) is 15.4. The highest BCUT2D eigenvalue weighted by atomic mass is 79.9. The Hall–Kier alpha value is -1.66. The SMILES string of the molecule is O=C(Nc1cnn(C[C@H]2CCCCO2)c1)c1ccccc1Br. The Balaban J connectivity index is 1.61. The van der Waals surface area contributed by atoms with Crippen molar-refractivity contribution < 1.29 is 9.53 Å². The molecule has 1 aromatic heterocycles. The Kier molecular flexibility index (Phi) is 4.90. The third-order valence-electron chi connectivity index (χ3n) is 3.67. The molecule has 1 N–H and O–H groups in total. The van der Waals surface area contributed by atoms with Crippen LogP contribution in [0.2, 0.25) is 0 Å². The fourth-order valence-corrected chi connectivity index (χ4v) is 3.00. The lowest BCUT2D eigenvalue weighted by atomic mass is 10.1. The summed E-state index contributed by atoms with van der Waals surface area (Å²) in [6.07, 6.45) is 7.14. The molecule has 1 aliphatic heterocycles. The fraction of sp³-hybridized carbons (Fsp3) is 0.375. The van der Waals surface area contributed by atoms with E-state index in [1.165, 1.54) is 6.42 Å². The van der Waals surface area contributed by atoms with E-state index in [0.717, 1.165) is 30.5 Å². The number of aromatic nitrogens is 2. The molecule has 1 atom stereocenters. The number of ether oxygens (including phenoxy) is 1. The van der Waals surface area contributed by atoms with Crippen LogP contribution >= 0.6 is 15.9 Å². The summed E-state index contributed by atoms with van der Waals surface area (Å²) in [6.45, 7) is 1.56. The predicted molar refractivity (Wildman–Crippen MR) is 87.9 cm³/mol. The van der Waals surface area contributed by atoms with Crippen molar-refractivity contribution in [3.8, 4) is 0 Å². The number of halogens is 1. The first-order valence-electron chi connectivity index (χ1n) is 7.42. The van der Waals surface area contributed by atoms with Crippen LogP contribution in [0.25, 0.3) is 0 Å². The highest BCUT2D eigenvalue weighted by Gasteiger charge is 2.15. The van der Waals surface area contributed by atoms with Crippen LogP contribution in [0.4, 0.5) is 5.69 Å². The summed E-state index contributed by atoms with van der Waals surface area (Å²) in [5, 5.41) is 7.15. The van der Waals surface area contributed by atoms with Crippen molar-refractivity contribution in [1.29, 1.82) is 0 Å². The molecule has 0 unspecified atom stereocenters. The van der Waals surface area contributed by atoms with Gasteiger partial charge in [-0.3, -0.25) is 9.48 Å². The van der Waals surface area contributed by atoms with Crippen LogP contribution in [0, 0.1) is 0 Å². The zero-order valence-electron chi connectivity index (χ0n) is 12.2. The summed E-state index contributed by atoms with van der Waals surface area (Å²) in [5.74, 6) is -0.152. The molecule has 5 nitrogen and oxygen atoms in total. The summed E-state index contributed by atoms with van der Waals surface area (Å²) in [4.78, 5) is 12.2. The van der Waals surface area contributed by atoms with Gasteiger partial charge in [-0.15, -0.1) is 0 Å². The monoisotopic (exact) mass is 363 g/mol. The van der Waals surface area contributed by atoms with Gasteiger partial charge in [-0.05, 0) is 47.3 Å². The van der Waals surface area contributed by atoms with Crippen molar-refractivity contribution in [3.63, 3.8) is 0 Å². The van der Waals surface area contributed by atoms with Gasteiger partial charge in [0.15, 0.2) is 0 Å². The van der Waals surface area contributed by atoms with E-state index in [2.05, 4.69) is 26.3 Å². The van der Waals surface area contributed by atoms with Crippen molar-refractivity contribution >= 4 is 27.5 Å². The van der Waals surface area contributed by atoms with Gasteiger partial charge in [0, 0.05) is 17.3 Å². The van der Waals surface area contributed by atoms with Gasteiger partial charge in [0.25, 0.3) is 5.91 Å². The van der Waals surface area contributed by atoms with E-state index in [9.17, 15) is 4.79 Å². The topological polar surface area (TPSA) is 56.2 Å². The highest BCUT2D eigenvalue weighted by molar-refractivity contribution is 9.10. The van der Waals surface area contributed by atoms with Crippen LogP contribution < -0.4 is 5.32 Å². The molecule has 1 aromatic carbocycles. The molecule has 22 heavy (non-hydrogen) atoms. The molecule has 1 fully saturated rings. The van der Waals surface area contributed by atoms with Gasteiger partial charge in [0.1, 0.15) is 0 Å². The van der Waals surface area contributed by atoms with Crippen LogP contribution in [0.15, 0.2) is 41.1 Å². The summed E-state index contributed by atoms with van der Waals surface area (Å²) in [7, 11) is 0. The molecule has 0 spiro atoms. The van der Waals surface area contributed by atoms with E-state index in [4.69, 9.17) is 4.74 Å². The highest BCUT2D eigenvalue weighted by Crippen LogP contribution is 2.18. The van der Waals surface area contributed by atoms with E-state index in [1.807, 2.05) is 29.1 Å². The van der Waals surface area contributed by atoms with Gasteiger partial charge in [0.2, 0.25) is 0 Å². The number of hydrogen-bond acceptors (Lipinski definition) is 3. The Morgan fingerprint density at radius 1 is 1.41 bits per heavy atom. The molecule has 0 saturated carbocycles. The smallest absolute Gasteiger partial charge is 0.256 e. The average molecular weight is 364 g/mol. The Morgan fingerprint density at radius 2 is 2.27 bits per heavy atom. The van der Waals surface area contributed by atoms with Gasteiger partial charge in [-0.25, -0.2) is 0 Å². The van der Waals surface area contributed by atoms with E-state index in [0.29, 0.717) is 11.3 Å². The number of carbonyl (C=O) groups excluding carboxylic acids is 1. The molecule has 6 heteroatoms. The fourth-order valence-electron chi connectivity index (χ4n) is 2.53. The number of nitrogens with one attached hydrogen (secondary N) is 1. The number of nitrogens with zero attached hydrogens (tertiary/aromatic N) is 2. The quantitative estimate of drug-likeness (QED) is 0.904. The van der Waals surface area contributed by atoms with Crippen molar-refractivity contribution in [2.24, 2.45) is 0 Å². The zero-order valence-corrected chi connectivity index (χ0v) is 13.8. The first-order valence-corrected chi connectivity index (χ1v) is 8.21. The summed E-state index contributed by atoms with van der Waals surface area (Å²) in [6, 6.07) is 7.34. The van der Waals surface area contributed by atoms with Gasteiger partial charge >= 0.3 is 0 Å². The average Bonchev–Trinajstić information content (AvgIpc) is 2.95. The lowest BCUT2D eigenvalue weighted by Gasteiger charge is -2.22. The van der Waals surface area contributed by atoms with Crippen LogP contribution in [0.5, 0.6) is 0 Å². The minimum Gasteiger partial charge on any atom is -0.376 e. The van der Waals surface area contributed by atoms with Gasteiger partial charge in [0.05, 0.1) is 30.1 Å². The molecule has 2 heterocycles. The Labute approximate surface area is 137 Å². The largest absolute Gasteiger partial charge is 0.376 e. The maximum absolute atomic E-state index is 12.2. The second-order valence-corrected chi connectivity index (χ2v) is 6.23. The Bertz CT molecular complexity index is 650. The molecule has 1 saturated heterocycles. The molecule has 0 radical (unpaired) electrons. The number of anilines is 1. The van der Waals surface area contributed by atoms with Gasteiger partial charge in [-0.2, -0.15) is 5.10 Å². The maximum Gasteiger partial charge on any atom is 0.256 e. The van der Waals surface area contributed by atoms with Crippen molar-refractivity contribution in [2.45, 2.75) is 31.9 Å². The maximum atomic E-state index is 12.2. The third-order valence-corrected chi connectivity index (χ3v) is 4.37. The van der Waals surface area contributed by atoms with Gasteiger partial charge < -0.3 is 10.1 Å². The van der Waals surface area contributed by atoms with E-state index >= 15 is 0 Å². The van der Waals surface area contributed by atoms with Crippen molar-refractivity contribution in [2.75, 3.05) is 11.9 Å². The van der Waals surface area contributed by atoms with Crippen molar-refractivity contribution in [1.82, 2.24) is 9.78 Å². The second-order valence-electron chi connectivity index (χ2n) is 5.37.